The molecule has 0 spiro atoms. The highest BCUT2D eigenvalue weighted by molar-refractivity contribution is 7.09. The van der Waals surface area contributed by atoms with E-state index >= 15 is 0 Å². The van der Waals surface area contributed by atoms with E-state index in [1.165, 1.54) is 83.5 Å². The minimum atomic E-state index is -0.151. The fourth-order valence-corrected chi connectivity index (χ4v) is 2.81. The molecule has 3 nitrogen and oxygen atoms in total. The van der Waals surface area contributed by atoms with Gasteiger partial charge in [0.25, 0.3) is 0 Å². The van der Waals surface area contributed by atoms with Gasteiger partial charge in [0.15, 0.2) is 0 Å². The summed E-state index contributed by atoms with van der Waals surface area (Å²) in [5.74, 6) is -0.151. The molecule has 0 amide bonds. The van der Waals surface area contributed by atoms with Crippen LogP contribution in [-0.4, -0.2) is 19.2 Å². The lowest BCUT2D eigenvalue weighted by atomic mass is 10.0. The van der Waals surface area contributed by atoms with Gasteiger partial charge in [0.05, 0.1) is 19.6 Å². The van der Waals surface area contributed by atoms with E-state index in [1.54, 1.807) is 0 Å². The predicted octanol–water partition coefficient (Wildman–Crippen LogP) is 6.21. The molecule has 1 atom stereocenters. The van der Waals surface area contributed by atoms with Crippen molar-refractivity contribution in [3.05, 3.63) is 0 Å². The lowest BCUT2D eigenvalue weighted by Gasteiger charge is -2.05. The molecule has 23 heavy (non-hydrogen) atoms. The van der Waals surface area contributed by atoms with Crippen molar-refractivity contribution in [1.82, 2.24) is 0 Å². The molecule has 0 N–H and O–H groups in total. The molecule has 0 saturated heterocycles. The van der Waals surface area contributed by atoms with Crippen molar-refractivity contribution < 1.29 is 14.1 Å². The van der Waals surface area contributed by atoms with Crippen LogP contribution in [0.2, 0.25) is 0 Å². The third-order valence-corrected chi connectivity index (χ3v) is 4.42. The summed E-state index contributed by atoms with van der Waals surface area (Å²) < 4.78 is 9.88. The summed E-state index contributed by atoms with van der Waals surface area (Å²) in [6, 6.07) is 0. The highest BCUT2D eigenvalue weighted by Crippen LogP contribution is 2.12. The van der Waals surface area contributed by atoms with Crippen molar-refractivity contribution in [3.8, 4) is 0 Å². The highest BCUT2D eigenvalue weighted by atomic mass is 31.0. The van der Waals surface area contributed by atoms with Crippen LogP contribution in [0.3, 0.4) is 0 Å². The Hall–Kier alpha value is -0.140. The number of hydrogen-bond acceptors (Lipinski definition) is 3. The number of carbonyl (C=O) groups is 1. The fraction of sp³-hybridized carbons (Fsp3) is 0.947. The molecule has 0 aliphatic rings. The number of unbranched alkanes of at least 4 members (excludes halogenated alkanes) is 13. The van der Waals surface area contributed by atoms with Crippen molar-refractivity contribution in [1.29, 1.82) is 0 Å². The summed E-state index contributed by atoms with van der Waals surface area (Å²) in [6.07, 6.45) is 19.2. The lowest BCUT2D eigenvalue weighted by Crippen LogP contribution is -2.07. The molecule has 0 rings (SSSR count). The molecular weight excluding hydrogens is 307 g/mol. The van der Waals surface area contributed by atoms with Crippen LogP contribution in [0.1, 0.15) is 103 Å². The second-order valence-corrected chi connectivity index (χ2v) is 6.77. The molecule has 0 fully saturated rings. The third kappa shape index (κ3) is 19.8. The maximum absolute atomic E-state index is 11.2. The van der Waals surface area contributed by atoms with E-state index in [9.17, 15) is 4.79 Å². The van der Waals surface area contributed by atoms with Crippen LogP contribution in [0.15, 0.2) is 0 Å². The zero-order valence-electron chi connectivity index (χ0n) is 15.3. The number of rotatable bonds is 18. The largest absolute Gasteiger partial charge is 0.466 e. The van der Waals surface area contributed by atoms with Crippen LogP contribution in [0.5, 0.6) is 0 Å². The van der Waals surface area contributed by atoms with Crippen molar-refractivity contribution in [2.45, 2.75) is 103 Å². The summed E-state index contributed by atoms with van der Waals surface area (Å²) in [4.78, 5) is 11.2. The molecule has 0 saturated carbocycles. The van der Waals surface area contributed by atoms with Gasteiger partial charge < -0.3 is 9.26 Å². The second-order valence-electron chi connectivity index (χ2n) is 6.44. The smallest absolute Gasteiger partial charge is 0.308 e. The van der Waals surface area contributed by atoms with Gasteiger partial charge in [0.1, 0.15) is 0 Å². The maximum Gasteiger partial charge on any atom is 0.308 e. The van der Waals surface area contributed by atoms with Gasteiger partial charge in [-0.05, 0) is 6.42 Å². The van der Waals surface area contributed by atoms with Gasteiger partial charge in [-0.15, -0.1) is 0 Å². The van der Waals surface area contributed by atoms with E-state index < -0.39 is 0 Å². The van der Waals surface area contributed by atoms with Crippen LogP contribution in [0.25, 0.3) is 0 Å². The van der Waals surface area contributed by atoms with Crippen molar-refractivity contribution in [2.24, 2.45) is 0 Å². The first kappa shape index (κ1) is 22.9. The van der Waals surface area contributed by atoms with Crippen LogP contribution < -0.4 is 0 Å². The summed E-state index contributed by atoms with van der Waals surface area (Å²) in [5, 5.41) is 0. The second kappa shape index (κ2) is 19.9. The minimum Gasteiger partial charge on any atom is -0.466 e. The molecule has 0 heterocycles. The summed E-state index contributed by atoms with van der Waals surface area (Å²) in [7, 11) is 2.14. The number of ether oxygens (including phenoxy) is 1. The molecular formula is C19H39O3P. The summed E-state index contributed by atoms with van der Waals surface area (Å²) in [5.41, 5.74) is 0. The molecule has 0 aromatic heterocycles. The van der Waals surface area contributed by atoms with Crippen LogP contribution in [0, 0.1) is 0 Å². The first-order chi connectivity index (χ1) is 11.3. The minimum absolute atomic E-state index is 0.151. The molecule has 0 aliphatic carbocycles. The molecule has 4 heteroatoms. The maximum atomic E-state index is 11.2. The Labute approximate surface area is 146 Å². The number of esters is 1. The van der Waals surface area contributed by atoms with Crippen molar-refractivity contribution in [2.75, 3.05) is 13.2 Å². The Kier molecular flexibility index (Phi) is 19.8. The number of carbonyl (C=O) groups excluding carboxylic acids is 1. The first-order valence-corrected chi connectivity index (χ1v) is 10.3. The van der Waals surface area contributed by atoms with E-state index in [-0.39, 0.29) is 5.97 Å². The number of hydrogen-bond donors (Lipinski definition) is 0. The van der Waals surface area contributed by atoms with Crippen LogP contribution in [-0.2, 0) is 14.1 Å². The van der Waals surface area contributed by atoms with E-state index in [2.05, 4.69) is 16.4 Å². The third-order valence-electron chi connectivity index (χ3n) is 4.18. The van der Waals surface area contributed by atoms with E-state index in [4.69, 9.17) is 9.26 Å². The van der Waals surface area contributed by atoms with E-state index in [0.29, 0.717) is 19.6 Å². The fourth-order valence-electron chi connectivity index (χ4n) is 2.70. The van der Waals surface area contributed by atoms with Gasteiger partial charge in [-0.3, -0.25) is 4.79 Å². The zero-order chi connectivity index (χ0) is 17.0. The standard InChI is InChI=1S/C19H39O3P/c1-2-3-4-5-6-7-8-9-10-11-12-13-14-15-17-21-19(20)16-18-22-23/h2-18,23H2,1H3. The Bertz CT molecular complexity index is 247. The topological polar surface area (TPSA) is 35.5 Å². The van der Waals surface area contributed by atoms with E-state index in [1.807, 2.05) is 0 Å². The molecule has 138 valence electrons. The van der Waals surface area contributed by atoms with Crippen LogP contribution in [0.4, 0.5) is 0 Å². The normalized spacial score (nSPS) is 10.9. The van der Waals surface area contributed by atoms with Gasteiger partial charge in [0, 0.05) is 9.47 Å². The van der Waals surface area contributed by atoms with Gasteiger partial charge in [-0.1, -0.05) is 90.4 Å². The Balaban J connectivity index is 3.04. The summed E-state index contributed by atoms with van der Waals surface area (Å²) >= 11 is 0. The quantitative estimate of drug-likeness (QED) is 0.168. The lowest BCUT2D eigenvalue weighted by molar-refractivity contribution is -0.144. The first-order valence-electron chi connectivity index (χ1n) is 9.78. The van der Waals surface area contributed by atoms with Crippen molar-refractivity contribution in [3.63, 3.8) is 0 Å². The SMILES string of the molecule is CCCCCCCCCCCCCCCCOC(=O)CCOP. The average Bonchev–Trinajstić information content (AvgIpc) is 2.56. The zero-order valence-corrected chi connectivity index (χ0v) is 16.5. The van der Waals surface area contributed by atoms with Gasteiger partial charge in [-0.25, -0.2) is 0 Å². The molecule has 0 bridgehead atoms. The summed E-state index contributed by atoms with van der Waals surface area (Å²) in [6.45, 7) is 3.25. The Morgan fingerprint density at radius 3 is 1.57 bits per heavy atom. The van der Waals surface area contributed by atoms with Crippen LogP contribution >= 0.6 is 9.47 Å². The average molecular weight is 346 g/mol. The van der Waals surface area contributed by atoms with E-state index in [0.717, 1.165) is 6.42 Å². The van der Waals surface area contributed by atoms with Gasteiger partial charge in [0.2, 0.25) is 0 Å². The molecule has 0 aromatic carbocycles. The predicted molar refractivity (Wildman–Crippen MR) is 102 cm³/mol. The van der Waals surface area contributed by atoms with Gasteiger partial charge in [-0.2, -0.15) is 0 Å². The van der Waals surface area contributed by atoms with Crippen molar-refractivity contribution >= 4 is 15.4 Å². The highest BCUT2D eigenvalue weighted by Gasteiger charge is 2.01. The molecule has 0 aromatic rings. The Morgan fingerprint density at radius 2 is 1.13 bits per heavy atom. The van der Waals surface area contributed by atoms with Gasteiger partial charge >= 0.3 is 5.97 Å². The molecule has 0 aliphatic heterocycles. The monoisotopic (exact) mass is 346 g/mol. The molecule has 0 radical (unpaired) electrons. The molecule has 1 unspecified atom stereocenters. The Morgan fingerprint density at radius 1 is 0.696 bits per heavy atom.